The van der Waals surface area contributed by atoms with Crippen molar-refractivity contribution in [2.45, 2.75) is 6.54 Å². The number of thioether (sulfide) groups is 1. The summed E-state index contributed by atoms with van der Waals surface area (Å²) in [5.41, 5.74) is 1.62. The molecule has 0 unspecified atom stereocenters. The van der Waals surface area contributed by atoms with Gasteiger partial charge in [-0.2, -0.15) is 0 Å². The molecule has 0 bridgehead atoms. The molecule has 1 heterocycles. The van der Waals surface area contributed by atoms with E-state index in [0.29, 0.717) is 39.7 Å². The fourth-order valence-electron chi connectivity index (χ4n) is 3.77. The quantitative estimate of drug-likeness (QED) is 0.0959. The predicted molar refractivity (Wildman–Crippen MR) is 147 cm³/mol. The second kappa shape index (κ2) is 12.8. The van der Waals surface area contributed by atoms with Crippen molar-refractivity contribution in [3.05, 3.63) is 92.4 Å². The normalized spacial score (nSPS) is 13.8. The first-order valence-corrected chi connectivity index (χ1v) is 12.7. The van der Waals surface area contributed by atoms with Gasteiger partial charge in [-0.3, -0.25) is 29.4 Å². The standard InChI is InChI=1S/C28H24N2O9S/c1-36-24-13-19(5-9-22(24)38-11-12-39-23-10-6-20(17-31)14-25(23)37-2)15-26-27(32)29(28(33)40-26)16-18-3-7-21(8-4-18)30(34)35/h3-10,13-15,17H,11-12,16H2,1-2H3/b26-15-. The zero-order chi connectivity index (χ0) is 28.6. The number of benzene rings is 3. The molecule has 0 spiro atoms. The summed E-state index contributed by atoms with van der Waals surface area (Å²) in [5.74, 6) is 1.33. The number of rotatable bonds is 12. The lowest BCUT2D eigenvalue weighted by molar-refractivity contribution is -0.384. The van der Waals surface area contributed by atoms with Crippen LogP contribution < -0.4 is 18.9 Å². The Labute approximate surface area is 233 Å². The number of hydrogen-bond acceptors (Lipinski definition) is 10. The Balaban J connectivity index is 1.38. The molecule has 0 radical (unpaired) electrons. The van der Waals surface area contributed by atoms with Gasteiger partial charge in [0.2, 0.25) is 0 Å². The Kier molecular flexibility index (Phi) is 9.02. The highest BCUT2D eigenvalue weighted by atomic mass is 32.2. The van der Waals surface area contributed by atoms with Crippen LogP contribution in [0.4, 0.5) is 10.5 Å². The highest BCUT2D eigenvalue weighted by molar-refractivity contribution is 8.18. The fourth-order valence-corrected chi connectivity index (χ4v) is 4.60. The lowest BCUT2D eigenvalue weighted by Gasteiger charge is -2.14. The molecule has 1 aliphatic rings. The smallest absolute Gasteiger partial charge is 0.293 e. The largest absolute Gasteiger partial charge is 0.493 e. The van der Waals surface area contributed by atoms with E-state index in [1.807, 2.05) is 0 Å². The summed E-state index contributed by atoms with van der Waals surface area (Å²) in [6, 6.07) is 15.6. The highest BCUT2D eigenvalue weighted by Gasteiger charge is 2.35. The number of nitro groups is 1. The SMILES string of the molecule is COc1cc(C=O)ccc1OCCOc1ccc(/C=C2\SC(=O)N(Cc3ccc([N+](=O)[O-])cc3)C2=O)cc1OC. The third-order valence-corrected chi connectivity index (χ3v) is 6.68. The van der Waals surface area contributed by atoms with Crippen molar-refractivity contribution in [2.75, 3.05) is 27.4 Å². The predicted octanol–water partition coefficient (Wildman–Crippen LogP) is 5.12. The minimum atomic E-state index is -0.515. The molecule has 0 aromatic heterocycles. The van der Waals surface area contributed by atoms with Crippen molar-refractivity contribution in [3.8, 4) is 23.0 Å². The maximum atomic E-state index is 12.9. The van der Waals surface area contributed by atoms with Crippen LogP contribution in [-0.2, 0) is 11.3 Å². The van der Waals surface area contributed by atoms with Crippen LogP contribution in [0.2, 0.25) is 0 Å². The third kappa shape index (κ3) is 6.59. The minimum Gasteiger partial charge on any atom is -0.493 e. The molecule has 0 saturated carbocycles. The van der Waals surface area contributed by atoms with Crippen molar-refractivity contribution in [1.82, 2.24) is 4.90 Å². The molecule has 2 amide bonds. The molecule has 0 aliphatic carbocycles. The fraction of sp³-hybridized carbons (Fsp3) is 0.179. The van der Waals surface area contributed by atoms with Crippen LogP contribution in [0.25, 0.3) is 6.08 Å². The minimum absolute atomic E-state index is 0.00523. The van der Waals surface area contributed by atoms with Crippen LogP contribution >= 0.6 is 11.8 Å². The molecule has 40 heavy (non-hydrogen) atoms. The first kappa shape index (κ1) is 28.2. The first-order valence-electron chi connectivity index (χ1n) is 11.9. The van der Waals surface area contributed by atoms with Crippen LogP contribution in [0.5, 0.6) is 23.0 Å². The van der Waals surface area contributed by atoms with Gasteiger partial charge < -0.3 is 18.9 Å². The van der Waals surface area contributed by atoms with Gasteiger partial charge >= 0.3 is 0 Å². The zero-order valence-corrected chi connectivity index (χ0v) is 22.3. The van der Waals surface area contributed by atoms with Crippen LogP contribution in [0.1, 0.15) is 21.5 Å². The highest BCUT2D eigenvalue weighted by Crippen LogP contribution is 2.35. The van der Waals surface area contributed by atoms with Gasteiger partial charge in [0.15, 0.2) is 23.0 Å². The number of methoxy groups -OCH3 is 2. The molecule has 12 heteroatoms. The number of imide groups is 1. The molecule has 3 aromatic rings. The van der Waals surface area contributed by atoms with Crippen molar-refractivity contribution in [3.63, 3.8) is 0 Å². The molecule has 206 valence electrons. The maximum Gasteiger partial charge on any atom is 0.293 e. The number of amides is 2. The van der Waals surface area contributed by atoms with Crippen molar-refractivity contribution in [2.24, 2.45) is 0 Å². The van der Waals surface area contributed by atoms with E-state index in [2.05, 4.69) is 0 Å². The average molecular weight is 565 g/mol. The molecule has 1 aliphatic heterocycles. The Bertz CT molecular complexity index is 1470. The van der Waals surface area contributed by atoms with E-state index in [1.54, 1.807) is 42.5 Å². The van der Waals surface area contributed by atoms with Gasteiger partial charge in [0, 0.05) is 17.7 Å². The third-order valence-electron chi connectivity index (χ3n) is 5.77. The van der Waals surface area contributed by atoms with Gasteiger partial charge in [-0.05, 0) is 59.3 Å². The summed E-state index contributed by atoms with van der Waals surface area (Å²) in [6.45, 7) is 0.394. The van der Waals surface area contributed by atoms with E-state index in [4.69, 9.17) is 18.9 Å². The lowest BCUT2D eigenvalue weighted by atomic mass is 10.1. The number of nitro benzene ring substituents is 1. The molecule has 0 atom stereocenters. The van der Waals surface area contributed by atoms with Gasteiger partial charge in [0.1, 0.15) is 19.5 Å². The number of carbonyl (C=O) groups excluding carboxylic acids is 3. The van der Waals surface area contributed by atoms with Crippen LogP contribution in [0.3, 0.4) is 0 Å². The summed E-state index contributed by atoms with van der Waals surface area (Å²) in [5, 5.41) is 10.4. The zero-order valence-electron chi connectivity index (χ0n) is 21.5. The van der Waals surface area contributed by atoms with Crippen molar-refractivity contribution >= 4 is 41.0 Å². The summed E-state index contributed by atoms with van der Waals surface area (Å²) in [4.78, 5) is 48.0. The van der Waals surface area contributed by atoms with Gasteiger partial charge in [0.05, 0.1) is 30.6 Å². The molecule has 1 fully saturated rings. The van der Waals surface area contributed by atoms with E-state index in [9.17, 15) is 24.5 Å². The number of aldehydes is 1. The lowest BCUT2D eigenvalue weighted by Crippen LogP contribution is -2.27. The molecule has 0 N–H and O–H groups in total. The number of carbonyl (C=O) groups is 3. The first-order chi connectivity index (χ1) is 19.3. The van der Waals surface area contributed by atoms with Crippen molar-refractivity contribution < 1.29 is 38.3 Å². The number of ether oxygens (including phenoxy) is 4. The monoisotopic (exact) mass is 564 g/mol. The molecular formula is C28H24N2O9S. The van der Waals surface area contributed by atoms with Crippen LogP contribution in [0, 0.1) is 10.1 Å². The Morgan fingerprint density at radius 2 is 1.43 bits per heavy atom. The second-order valence-corrected chi connectivity index (χ2v) is 9.32. The number of non-ortho nitro benzene ring substituents is 1. The Morgan fingerprint density at radius 1 is 0.850 bits per heavy atom. The van der Waals surface area contributed by atoms with Gasteiger partial charge in [-0.15, -0.1) is 0 Å². The molecule has 3 aromatic carbocycles. The van der Waals surface area contributed by atoms with E-state index in [1.165, 1.54) is 38.5 Å². The number of nitrogens with zero attached hydrogens (tertiary/aromatic N) is 2. The molecule has 11 nitrogen and oxygen atoms in total. The van der Waals surface area contributed by atoms with E-state index in [-0.39, 0.29) is 30.4 Å². The van der Waals surface area contributed by atoms with Gasteiger partial charge in [-0.25, -0.2) is 0 Å². The summed E-state index contributed by atoms with van der Waals surface area (Å²) in [7, 11) is 2.97. The summed E-state index contributed by atoms with van der Waals surface area (Å²) < 4.78 is 22.2. The van der Waals surface area contributed by atoms with Gasteiger partial charge in [0.25, 0.3) is 16.8 Å². The van der Waals surface area contributed by atoms with Gasteiger partial charge in [-0.1, -0.05) is 18.2 Å². The summed E-state index contributed by atoms with van der Waals surface area (Å²) in [6.07, 6.45) is 2.31. The summed E-state index contributed by atoms with van der Waals surface area (Å²) >= 11 is 0.814. The van der Waals surface area contributed by atoms with E-state index < -0.39 is 16.1 Å². The van der Waals surface area contributed by atoms with Crippen molar-refractivity contribution in [1.29, 1.82) is 0 Å². The molecule has 1 saturated heterocycles. The number of hydrogen-bond donors (Lipinski definition) is 0. The molecular weight excluding hydrogens is 540 g/mol. The van der Waals surface area contributed by atoms with Crippen LogP contribution in [0.15, 0.2) is 65.6 Å². The van der Waals surface area contributed by atoms with Crippen LogP contribution in [-0.4, -0.2) is 54.7 Å². The Morgan fingerprint density at radius 3 is 1.98 bits per heavy atom. The maximum absolute atomic E-state index is 12.9. The molecule has 4 rings (SSSR count). The van der Waals surface area contributed by atoms with E-state index >= 15 is 0 Å². The Hall–Kier alpha value is -4.84. The average Bonchev–Trinajstić information content (AvgIpc) is 3.23. The second-order valence-electron chi connectivity index (χ2n) is 8.33. The van der Waals surface area contributed by atoms with E-state index in [0.717, 1.165) is 22.9 Å². The topological polar surface area (TPSA) is 135 Å².